The molecule has 0 bridgehead atoms. The Kier molecular flexibility index (Phi) is 5.02. The Morgan fingerprint density at radius 1 is 1.14 bits per heavy atom. The van der Waals surface area contributed by atoms with E-state index in [1.165, 1.54) is 23.2 Å². The van der Waals surface area contributed by atoms with Crippen molar-refractivity contribution in [3.05, 3.63) is 58.7 Å². The topological polar surface area (TPSA) is 53.5 Å². The average Bonchev–Trinajstić information content (AvgIpc) is 2.61. The van der Waals surface area contributed by atoms with E-state index in [2.05, 4.69) is 4.98 Å². The van der Waals surface area contributed by atoms with Crippen molar-refractivity contribution < 1.29 is 18.4 Å². The summed E-state index contributed by atoms with van der Waals surface area (Å²) in [7, 11) is 0. The zero-order chi connectivity index (χ0) is 19.8. The molecule has 2 aromatic rings. The number of piperazine rings is 1. The Hall–Kier alpha value is -2.54. The first-order valence-electron chi connectivity index (χ1n) is 9.10. The molecule has 1 unspecified atom stereocenters. The Labute approximate surface area is 165 Å². The molecule has 2 aliphatic rings. The van der Waals surface area contributed by atoms with E-state index < -0.39 is 11.9 Å². The summed E-state index contributed by atoms with van der Waals surface area (Å²) in [6.45, 7) is -0.0921. The number of amides is 2. The first-order valence-corrected chi connectivity index (χ1v) is 9.48. The highest BCUT2D eigenvalue weighted by Crippen LogP contribution is 2.36. The van der Waals surface area contributed by atoms with Gasteiger partial charge in [0, 0.05) is 12.7 Å². The van der Waals surface area contributed by atoms with Gasteiger partial charge in [-0.25, -0.2) is 13.8 Å². The summed E-state index contributed by atoms with van der Waals surface area (Å²) in [6.07, 6.45) is 3.89. The molecule has 8 heteroatoms. The number of carbonyl (C=O) groups excluding carboxylic acids is 2. The Morgan fingerprint density at radius 3 is 2.46 bits per heavy atom. The Balaban J connectivity index is 1.65. The largest absolute Gasteiger partial charge is 0.324 e. The number of aromatic nitrogens is 1. The van der Waals surface area contributed by atoms with Gasteiger partial charge in [0.2, 0.25) is 5.91 Å². The quantitative estimate of drug-likeness (QED) is 0.781. The van der Waals surface area contributed by atoms with Crippen molar-refractivity contribution in [2.24, 2.45) is 5.92 Å². The fourth-order valence-electron chi connectivity index (χ4n) is 3.72. The molecule has 1 saturated heterocycles. The molecular weight excluding hydrogens is 388 g/mol. The Bertz CT molecular complexity index is 918. The van der Waals surface area contributed by atoms with Gasteiger partial charge in [0.05, 0.1) is 5.02 Å². The molecule has 1 saturated carbocycles. The molecule has 0 radical (unpaired) electrons. The summed E-state index contributed by atoms with van der Waals surface area (Å²) >= 11 is 5.75. The molecule has 0 spiro atoms. The van der Waals surface area contributed by atoms with Crippen molar-refractivity contribution in [1.29, 1.82) is 0 Å². The van der Waals surface area contributed by atoms with Crippen molar-refractivity contribution in [3.63, 3.8) is 0 Å². The third-order valence-corrected chi connectivity index (χ3v) is 5.58. The van der Waals surface area contributed by atoms with Crippen LogP contribution in [-0.4, -0.2) is 34.3 Å². The van der Waals surface area contributed by atoms with Gasteiger partial charge in [0.15, 0.2) is 11.6 Å². The number of hydrogen-bond donors (Lipinski definition) is 0. The lowest BCUT2D eigenvalue weighted by Gasteiger charge is -2.45. The van der Waals surface area contributed by atoms with Crippen LogP contribution in [0, 0.1) is 17.6 Å². The molecule has 1 atom stereocenters. The lowest BCUT2D eigenvalue weighted by atomic mass is 9.77. The van der Waals surface area contributed by atoms with Gasteiger partial charge in [-0.3, -0.25) is 14.5 Å². The lowest BCUT2D eigenvalue weighted by molar-refractivity contribution is -0.147. The maximum Gasteiger partial charge on any atom is 0.251 e. The molecule has 2 heterocycles. The molecule has 1 aromatic heterocycles. The maximum atomic E-state index is 14.3. The number of hydrogen-bond acceptors (Lipinski definition) is 3. The van der Waals surface area contributed by atoms with Crippen LogP contribution in [0.4, 0.5) is 14.6 Å². The van der Waals surface area contributed by atoms with Crippen molar-refractivity contribution in [2.45, 2.75) is 31.8 Å². The van der Waals surface area contributed by atoms with E-state index in [-0.39, 0.29) is 47.5 Å². The van der Waals surface area contributed by atoms with Gasteiger partial charge in [-0.1, -0.05) is 30.2 Å². The molecule has 0 N–H and O–H groups in total. The van der Waals surface area contributed by atoms with Crippen molar-refractivity contribution >= 4 is 29.2 Å². The van der Waals surface area contributed by atoms with Gasteiger partial charge in [0.1, 0.15) is 18.4 Å². The smallest absolute Gasteiger partial charge is 0.251 e. The summed E-state index contributed by atoms with van der Waals surface area (Å²) in [5.41, 5.74) is 0.733. The molecule has 28 heavy (non-hydrogen) atoms. The second-order valence-corrected chi connectivity index (χ2v) is 7.60. The standard InChI is InChI=1S/C20H18ClF2N3O2/c21-14-8-16(23)19(24-9-14)26-11-17(27)25(10-12-4-6-15(22)7-5-12)18(20(26)28)13-2-1-3-13/h4-9,13,18H,1-3,10-11H2. The maximum absolute atomic E-state index is 14.3. The molecule has 1 aliphatic carbocycles. The van der Waals surface area contributed by atoms with Crippen LogP contribution in [0.15, 0.2) is 36.5 Å². The molecule has 4 rings (SSSR count). The molecule has 2 fully saturated rings. The highest BCUT2D eigenvalue weighted by atomic mass is 35.5. The number of pyridine rings is 1. The molecule has 1 aromatic carbocycles. The lowest BCUT2D eigenvalue weighted by Crippen LogP contribution is -2.63. The van der Waals surface area contributed by atoms with Crippen molar-refractivity contribution in [2.75, 3.05) is 11.4 Å². The van der Waals surface area contributed by atoms with Gasteiger partial charge in [-0.2, -0.15) is 0 Å². The van der Waals surface area contributed by atoms with Crippen LogP contribution in [0.1, 0.15) is 24.8 Å². The summed E-state index contributed by atoms with van der Waals surface area (Å²) in [5, 5.41) is 0.116. The van der Waals surface area contributed by atoms with Crippen LogP contribution < -0.4 is 4.90 Å². The van der Waals surface area contributed by atoms with Crippen LogP contribution in [0.25, 0.3) is 0 Å². The molecule has 1 aliphatic heterocycles. The minimum atomic E-state index is -0.743. The highest BCUT2D eigenvalue weighted by Gasteiger charge is 2.46. The van der Waals surface area contributed by atoms with Crippen molar-refractivity contribution in [3.8, 4) is 0 Å². The summed E-state index contributed by atoms with van der Waals surface area (Å²) < 4.78 is 27.5. The SMILES string of the molecule is O=C1C(C2CCC2)N(Cc2ccc(F)cc2)C(=O)CN1c1ncc(Cl)cc1F. The van der Waals surface area contributed by atoms with Crippen LogP contribution in [0.3, 0.4) is 0 Å². The first-order chi connectivity index (χ1) is 13.4. The van der Waals surface area contributed by atoms with Gasteiger partial charge >= 0.3 is 0 Å². The zero-order valence-electron chi connectivity index (χ0n) is 14.9. The third-order valence-electron chi connectivity index (χ3n) is 5.38. The fraction of sp³-hybridized carbons (Fsp3) is 0.350. The third kappa shape index (κ3) is 3.46. The van der Waals surface area contributed by atoms with Gasteiger partial charge in [-0.05, 0) is 42.5 Å². The normalized spacial score (nSPS) is 20.5. The summed E-state index contributed by atoms with van der Waals surface area (Å²) in [6, 6.07) is 6.23. The summed E-state index contributed by atoms with van der Waals surface area (Å²) in [4.78, 5) is 32.7. The molecule has 2 amide bonds. The minimum Gasteiger partial charge on any atom is -0.324 e. The van der Waals surface area contributed by atoms with Gasteiger partial charge in [-0.15, -0.1) is 0 Å². The molecule has 5 nitrogen and oxygen atoms in total. The van der Waals surface area contributed by atoms with Crippen LogP contribution in [0.2, 0.25) is 5.02 Å². The number of benzene rings is 1. The number of anilines is 1. The van der Waals surface area contributed by atoms with E-state index in [4.69, 9.17) is 11.6 Å². The predicted octanol–water partition coefficient (Wildman–Crippen LogP) is 3.56. The van der Waals surface area contributed by atoms with E-state index in [0.717, 1.165) is 35.8 Å². The monoisotopic (exact) mass is 405 g/mol. The number of halogens is 3. The number of carbonyl (C=O) groups is 2. The number of rotatable bonds is 4. The van der Waals surface area contributed by atoms with Crippen LogP contribution >= 0.6 is 11.6 Å². The van der Waals surface area contributed by atoms with Crippen molar-refractivity contribution in [1.82, 2.24) is 9.88 Å². The first kappa shape index (κ1) is 18.8. The fourth-order valence-corrected chi connectivity index (χ4v) is 3.87. The Morgan fingerprint density at radius 2 is 1.86 bits per heavy atom. The molecular formula is C20H18ClF2N3O2. The van der Waals surface area contributed by atoms with E-state index in [0.29, 0.717) is 0 Å². The van der Waals surface area contributed by atoms with Gasteiger partial charge in [0.25, 0.3) is 5.91 Å². The van der Waals surface area contributed by atoms with Crippen LogP contribution in [0.5, 0.6) is 0 Å². The second-order valence-electron chi connectivity index (χ2n) is 7.17. The predicted molar refractivity (Wildman–Crippen MR) is 99.6 cm³/mol. The van der Waals surface area contributed by atoms with E-state index in [9.17, 15) is 18.4 Å². The number of nitrogens with zero attached hydrogens (tertiary/aromatic N) is 3. The summed E-state index contributed by atoms with van der Waals surface area (Å²) in [5.74, 6) is -1.91. The second kappa shape index (κ2) is 7.47. The van der Waals surface area contributed by atoms with Gasteiger partial charge < -0.3 is 4.90 Å². The average molecular weight is 406 g/mol. The zero-order valence-corrected chi connectivity index (χ0v) is 15.7. The highest BCUT2D eigenvalue weighted by molar-refractivity contribution is 6.30. The minimum absolute atomic E-state index is 0.0232. The van der Waals surface area contributed by atoms with E-state index in [1.807, 2.05) is 0 Å². The van der Waals surface area contributed by atoms with Crippen LogP contribution in [-0.2, 0) is 16.1 Å². The molecule has 146 valence electrons. The van der Waals surface area contributed by atoms with E-state index in [1.54, 1.807) is 12.1 Å². The van der Waals surface area contributed by atoms with E-state index >= 15 is 0 Å².